The van der Waals surface area contributed by atoms with Gasteiger partial charge in [0.25, 0.3) is 0 Å². The molecular weight excluding hydrogens is 304 g/mol. The van der Waals surface area contributed by atoms with E-state index in [0.717, 1.165) is 24.1 Å². The second-order valence-electron chi connectivity index (χ2n) is 6.24. The number of carbonyl (C=O) groups excluding carboxylic acids is 1. The number of carbonyl (C=O) groups is 1. The molecule has 6 heteroatoms. The molecule has 130 valence electrons. The SMILES string of the molecule is CCCC(O)(CCC)CC(=O)Nc1ccc(Cn2cncn2)cc1. The average molecular weight is 330 g/mol. The first-order valence-electron chi connectivity index (χ1n) is 8.48. The van der Waals surface area contributed by atoms with Crippen molar-refractivity contribution in [1.29, 1.82) is 0 Å². The van der Waals surface area contributed by atoms with Gasteiger partial charge < -0.3 is 10.4 Å². The lowest BCUT2D eigenvalue weighted by Crippen LogP contribution is -2.33. The molecule has 2 rings (SSSR count). The fourth-order valence-electron chi connectivity index (χ4n) is 2.93. The van der Waals surface area contributed by atoms with Gasteiger partial charge in [-0.1, -0.05) is 38.8 Å². The summed E-state index contributed by atoms with van der Waals surface area (Å²) >= 11 is 0. The number of rotatable bonds is 9. The van der Waals surface area contributed by atoms with Crippen molar-refractivity contribution >= 4 is 11.6 Å². The first-order chi connectivity index (χ1) is 11.5. The van der Waals surface area contributed by atoms with Gasteiger partial charge in [-0.15, -0.1) is 0 Å². The van der Waals surface area contributed by atoms with Gasteiger partial charge >= 0.3 is 0 Å². The fourth-order valence-corrected chi connectivity index (χ4v) is 2.93. The molecule has 0 saturated carbocycles. The van der Waals surface area contributed by atoms with Crippen molar-refractivity contribution in [1.82, 2.24) is 14.8 Å². The third kappa shape index (κ3) is 5.45. The molecule has 0 unspecified atom stereocenters. The molecule has 24 heavy (non-hydrogen) atoms. The van der Waals surface area contributed by atoms with Crippen LogP contribution in [0.4, 0.5) is 5.69 Å². The molecule has 0 fully saturated rings. The highest BCUT2D eigenvalue weighted by Gasteiger charge is 2.28. The van der Waals surface area contributed by atoms with Crippen molar-refractivity contribution in [2.45, 2.75) is 58.1 Å². The van der Waals surface area contributed by atoms with E-state index in [-0.39, 0.29) is 12.3 Å². The Morgan fingerprint density at radius 1 is 1.21 bits per heavy atom. The quantitative estimate of drug-likeness (QED) is 0.741. The van der Waals surface area contributed by atoms with Gasteiger partial charge in [-0.2, -0.15) is 5.10 Å². The Morgan fingerprint density at radius 2 is 1.88 bits per heavy atom. The molecule has 0 bridgehead atoms. The predicted molar refractivity (Wildman–Crippen MR) is 93.6 cm³/mol. The maximum Gasteiger partial charge on any atom is 0.227 e. The van der Waals surface area contributed by atoms with E-state index in [4.69, 9.17) is 0 Å². The standard InChI is InChI=1S/C18H26N4O2/c1-3-9-18(24,10-4-2)11-17(23)21-16-7-5-15(6-8-16)12-22-14-19-13-20-22/h5-8,13-14,24H,3-4,9-12H2,1-2H3,(H,21,23). The maximum atomic E-state index is 12.2. The summed E-state index contributed by atoms with van der Waals surface area (Å²) in [5, 5.41) is 17.5. The minimum atomic E-state index is -0.902. The summed E-state index contributed by atoms with van der Waals surface area (Å²) in [6.45, 7) is 4.68. The van der Waals surface area contributed by atoms with E-state index in [1.165, 1.54) is 6.33 Å². The average Bonchev–Trinajstić information content (AvgIpc) is 3.02. The Hall–Kier alpha value is -2.21. The monoisotopic (exact) mass is 330 g/mol. The molecule has 0 radical (unpaired) electrons. The predicted octanol–water partition coefficient (Wildman–Crippen LogP) is 2.99. The second-order valence-corrected chi connectivity index (χ2v) is 6.24. The third-order valence-corrected chi connectivity index (χ3v) is 3.97. The lowest BCUT2D eigenvalue weighted by Gasteiger charge is -2.26. The highest BCUT2D eigenvalue weighted by molar-refractivity contribution is 5.91. The van der Waals surface area contributed by atoms with E-state index >= 15 is 0 Å². The van der Waals surface area contributed by atoms with Crippen LogP contribution in [0.1, 0.15) is 51.5 Å². The summed E-state index contributed by atoms with van der Waals surface area (Å²) in [5.74, 6) is -0.150. The fraction of sp³-hybridized carbons (Fsp3) is 0.500. The van der Waals surface area contributed by atoms with E-state index in [9.17, 15) is 9.90 Å². The van der Waals surface area contributed by atoms with Crippen LogP contribution in [0.25, 0.3) is 0 Å². The molecule has 0 aliphatic carbocycles. The first-order valence-corrected chi connectivity index (χ1v) is 8.48. The molecule has 2 aromatic rings. The van der Waals surface area contributed by atoms with Gasteiger partial charge in [-0.25, -0.2) is 9.67 Å². The summed E-state index contributed by atoms with van der Waals surface area (Å²) in [6.07, 6.45) is 6.31. The van der Waals surface area contributed by atoms with Gasteiger partial charge in [0.2, 0.25) is 5.91 Å². The third-order valence-electron chi connectivity index (χ3n) is 3.97. The van der Waals surface area contributed by atoms with Crippen LogP contribution in [0.2, 0.25) is 0 Å². The van der Waals surface area contributed by atoms with Gasteiger partial charge in [0.1, 0.15) is 12.7 Å². The molecule has 0 aliphatic heterocycles. The number of hydrogen-bond acceptors (Lipinski definition) is 4. The lowest BCUT2D eigenvalue weighted by atomic mass is 9.89. The highest BCUT2D eigenvalue weighted by atomic mass is 16.3. The summed E-state index contributed by atoms with van der Waals surface area (Å²) in [4.78, 5) is 16.1. The Balaban J connectivity index is 1.91. The van der Waals surface area contributed by atoms with E-state index < -0.39 is 5.60 Å². The Kier molecular flexibility index (Phi) is 6.49. The number of aromatic nitrogens is 3. The molecule has 6 nitrogen and oxygen atoms in total. The van der Waals surface area contributed by atoms with Crippen LogP contribution in [0.15, 0.2) is 36.9 Å². The van der Waals surface area contributed by atoms with Crippen LogP contribution in [0.3, 0.4) is 0 Å². The van der Waals surface area contributed by atoms with Crippen molar-refractivity contribution in [3.8, 4) is 0 Å². The van der Waals surface area contributed by atoms with Crippen molar-refractivity contribution in [3.63, 3.8) is 0 Å². The molecule has 0 atom stereocenters. The van der Waals surface area contributed by atoms with Crippen molar-refractivity contribution in [2.75, 3.05) is 5.32 Å². The molecule has 1 heterocycles. The van der Waals surface area contributed by atoms with Gasteiger partial charge in [-0.05, 0) is 30.5 Å². The van der Waals surface area contributed by atoms with Crippen molar-refractivity contribution < 1.29 is 9.90 Å². The van der Waals surface area contributed by atoms with E-state index in [2.05, 4.69) is 15.4 Å². The number of nitrogens with one attached hydrogen (secondary N) is 1. The van der Waals surface area contributed by atoms with Crippen LogP contribution in [0, 0.1) is 0 Å². The Morgan fingerprint density at radius 3 is 2.42 bits per heavy atom. The van der Waals surface area contributed by atoms with Gasteiger partial charge in [0, 0.05) is 5.69 Å². The summed E-state index contributed by atoms with van der Waals surface area (Å²) in [6, 6.07) is 7.62. The highest BCUT2D eigenvalue weighted by Crippen LogP contribution is 2.24. The normalized spacial score (nSPS) is 11.5. The first kappa shape index (κ1) is 18.1. The van der Waals surface area contributed by atoms with E-state index in [1.54, 1.807) is 11.0 Å². The molecule has 1 aromatic heterocycles. The number of benzene rings is 1. The molecule has 0 saturated heterocycles. The second kappa shape index (κ2) is 8.59. The van der Waals surface area contributed by atoms with Crippen molar-refractivity contribution in [3.05, 3.63) is 42.5 Å². The summed E-state index contributed by atoms with van der Waals surface area (Å²) in [5.41, 5.74) is 0.908. The number of anilines is 1. The smallest absolute Gasteiger partial charge is 0.227 e. The lowest BCUT2D eigenvalue weighted by molar-refractivity contribution is -0.121. The zero-order chi connectivity index (χ0) is 17.4. The topological polar surface area (TPSA) is 80.0 Å². The minimum absolute atomic E-state index is 0.134. The van der Waals surface area contributed by atoms with Gasteiger partial charge in [-0.3, -0.25) is 4.79 Å². The van der Waals surface area contributed by atoms with Gasteiger partial charge in [0.05, 0.1) is 18.6 Å². The number of aliphatic hydroxyl groups is 1. The summed E-state index contributed by atoms with van der Waals surface area (Å²) in [7, 11) is 0. The zero-order valence-corrected chi connectivity index (χ0v) is 14.4. The van der Waals surface area contributed by atoms with E-state index in [1.807, 2.05) is 38.1 Å². The van der Waals surface area contributed by atoms with Crippen LogP contribution >= 0.6 is 0 Å². The van der Waals surface area contributed by atoms with Crippen LogP contribution in [-0.2, 0) is 11.3 Å². The van der Waals surface area contributed by atoms with Crippen molar-refractivity contribution in [2.24, 2.45) is 0 Å². The Labute approximate surface area is 142 Å². The largest absolute Gasteiger partial charge is 0.389 e. The van der Waals surface area contributed by atoms with Crippen LogP contribution in [0.5, 0.6) is 0 Å². The molecule has 2 N–H and O–H groups in total. The van der Waals surface area contributed by atoms with E-state index in [0.29, 0.717) is 19.4 Å². The number of nitrogens with zero attached hydrogens (tertiary/aromatic N) is 3. The molecule has 0 aliphatic rings. The summed E-state index contributed by atoms with van der Waals surface area (Å²) < 4.78 is 1.74. The molecule has 0 spiro atoms. The van der Waals surface area contributed by atoms with Crippen LogP contribution in [-0.4, -0.2) is 31.4 Å². The Bertz CT molecular complexity index is 617. The molecule has 1 amide bonds. The number of hydrogen-bond donors (Lipinski definition) is 2. The zero-order valence-electron chi connectivity index (χ0n) is 14.4. The van der Waals surface area contributed by atoms with Crippen LogP contribution < -0.4 is 5.32 Å². The van der Waals surface area contributed by atoms with Gasteiger partial charge in [0.15, 0.2) is 0 Å². The maximum absolute atomic E-state index is 12.2. The molecule has 1 aromatic carbocycles. The minimum Gasteiger partial charge on any atom is -0.389 e. The number of amides is 1. The molecular formula is C18H26N4O2.